The topological polar surface area (TPSA) is 63.4 Å². The van der Waals surface area contributed by atoms with Crippen molar-refractivity contribution in [1.82, 2.24) is 4.90 Å². The standard InChI is InChI=1S/C13H16BrClN2O2/c1-8(2)6-17(7-12(16)18)13(19)10-4-3-9(15)5-11(10)14/h3-5,8H,6-7H2,1-2H3,(H2,16,18). The second-order valence-corrected chi connectivity index (χ2v) is 5.96. The van der Waals surface area contributed by atoms with Crippen LogP contribution in [0.3, 0.4) is 0 Å². The summed E-state index contributed by atoms with van der Waals surface area (Å²) >= 11 is 9.14. The summed E-state index contributed by atoms with van der Waals surface area (Å²) in [5.74, 6) is -0.524. The maximum Gasteiger partial charge on any atom is 0.255 e. The minimum Gasteiger partial charge on any atom is -0.368 e. The molecule has 0 heterocycles. The summed E-state index contributed by atoms with van der Waals surface area (Å²) in [6.45, 7) is 4.32. The van der Waals surface area contributed by atoms with Gasteiger partial charge in [0.1, 0.15) is 0 Å². The van der Waals surface area contributed by atoms with E-state index in [0.29, 0.717) is 21.6 Å². The van der Waals surface area contributed by atoms with E-state index >= 15 is 0 Å². The second kappa shape index (κ2) is 6.91. The van der Waals surface area contributed by atoms with Gasteiger partial charge in [-0.2, -0.15) is 0 Å². The number of carbonyl (C=O) groups is 2. The quantitative estimate of drug-likeness (QED) is 0.890. The zero-order chi connectivity index (χ0) is 14.6. The van der Waals surface area contributed by atoms with Crippen LogP contribution in [0.25, 0.3) is 0 Å². The van der Waals surface area contributed by atoms with E-state index in [2.05, 4.69) is 15.9 Å². The van der Waals surface area contributed by atoms with Gasteiger partial charge in [-0.1, -0.05) is 25.4 Å². The Morgan fingerprint density at radius 2 is 2.05 bits per heavy atom. The van der Waals surface area contributed by atoms with E-state index in [4.69, 9.17) is 17.3 Å². The first kappa shape index (κ1) is 16.0. The molecule has 6 heteroatoms. The summed E-state index contributed by atoms with van der Waals surface area (Å²) in [4.78, 5) is 24.9. The van der Waals surface area contributed by atoms with Gasteiger partial charge >= 0.3 is 0 Å². The first-order valence-corrected chi connectivity index (χ1v) is 7.01. The molecule has 0 radical (unpaired) electrons. The van der Waals surface area contributed by atoms with Gasteiger partial charge in [-0.3, -0.25) is 9.59 Å². The van der Waals surface area contributed by atoms with E-state index in [1.165, 1.54) is 4.90 Å². The molecule has 4 nitrogen and oxygen atoms in total. The van der Waals surface area contributed by atoms with Crippen LogP contribution in [0.5, 0.6) is 0 Å². The van der Waals surface area contributed by atoms with E-state index in [0.717, 1.165) is 0 Å². The molecule has 0 atom stereocenters. The van der Waals surface area contributed by atoms with Crippen LogP contribution < -0.4 is 5.73 Å². The lowest BCUT2D eigenvalue weighted by Crippen LogP contribution is -2.40. The number of nitrogens with two attached hydrogens (primary N) is 1. The second-order valence-electron chi connectivity index (χ2n) is 4.67. The zero-order valence-corrected chi connectivity index (χ0v) is 13.2. The molecule has 1 aromatic rings. The predicted molar refractivity (Wildman–Crippen MR) is 79.1 cm³/mol. The third kappa shape index (κ3) is 4.84. The van der Waals surface area contributed by atoms with Gasteiger partial charge in [0, 0.05) is 16.0 Å². The van der Waals surface area contributed by atoms with Gasteiger partial charge in [0.15, 0.2) is 0 Å². The number of carbonyl (C=O) groups excluding carboxylic acids is 2. The van der Waals surface area contributed by atoms with Crippen molar-refractivity contribution in [2.75, 3.05) is 13.1 Å². The third-order valence-electron chi connectivity index (χ3n) is 2.38. The summed E-state index contributed by atoms with van der Waals surface area (Å²) in [5, 5.41) is 0.536. The normalized spacial score (nSPS) is 10.6. The van der Waals surface area contributed by atoms with Crippen LogP contribution in [-0.2, 0) is 4.79 Å². The fraction of sp³-hybridized carbons (Fsp3) is 0.385. The molecule has 0 unspecified atom stereocenters. The van der Waals surface area contributed by atoms with Crippen LogP contribution in [0, 0.1) is 5.92 Å². The van der Waals surface area contributed by atoms with Gasteiger partial charge < -0.3 is 10.6 Å². The molecule has 19 heavy (non-hydrogen) atoms. The maximum absolute atomic E-state index is 12.4. The molecule has 0 saturated carbocycles. The number of primary amides is 1. The van der Waals surface area contributed by atoms with Crippen molar-refractivity contribution in [2.24, 2.45) is 11.7 Å². The molecule has 0 saturated heterocycles. The van der Waals surface area contributed by atoms with Gasteiger partial charge in [-0.05, 0) is 40.0 Å². The average molecular weight is 348 g/mol. The fourth-order valence-corrected chi connectivity index (χ4v) is 2.53. The first-order chi connectivity index (χ1) is 8.81. The molecule has 0 fully saturated rings. The molecule has 1 aromatic carbocycles. The van der Waals surface area contributed by atoms with Crippen LogP contribution in [0.15, 0.2) is 22.7 Å². The Kier molecular flexibility index (Phi) is 5.82. The van der Waals surface area contributed by atoms with Crippen molar-refractivity contribution in [3.63, 3.8) is 0 Å². The van der Waals surface area contributed by atoms with Gasteiger partial charge in [-0.15, -0.1) is 0 Å². The lowest BCUT2D eigenvalue weighted by molar-refractivity contribution is -0.118. The minimum absolute atomic E-state index is 0.0912. The van der Waals surface area contributed by atoms with E-state index in [1.54, 1.807) is 18.2 Å². The van der Waals surface area contributed by atoms with E-state index in [-0.39, 0.29) is 18.4 Å². The van der Waals surface area contributed by atoms with E-state index < -0.39 is 5.91 Å². The van der Waals surface area contributed by atoms with Crippen LogP contribution in [0.1, 0.15) is 24.2 Å². The molecular weight excluding hydrogens is 332 g/mol. The molecule has 0 aliphatic carbocycles. The summed E-state index contributed by atoms with van der Waals surface area (Å²) < 4.78 is 0.600. The van der Waals surface area contributed by atoms with E-state index in [9.17, 15) is 9.59 Å². The summed E-state index contributed by atoms with van der Waals surface area (Å²) in [7, 11) is 0. The number of nitrogens with zero attached hydrogens (tertiary/aromatic N) is 1. The Bertz CT molecular complexity index is 492. The number of hydrogen-bond donors (Lipinski definition) is 1. The average Bonchev–Trinajstić information content (AvgIpc) is 2.26. The van der Waals surface area contributed by atoms with E-state index in [1.807, 2.05) is 13.8 Å². The van der Waals surface area contributed by atoms with Crippen LogP contribution in [0.2, 0.25) is 5.02 Å². The Morgan fingerprint density at radius 1 is 1.42 bits per heavy atom. The number of benzene rings is 1. The highest BCUT2D eigenvalue weighted by molar-refractivity contribution is 9.10. The van der Waals surface area contributed by atoms with Crippen molar-refractivity contribution in [3.8, 4) is 0 Å². The maximum atomic E-state index is 12.4. The first-order valence-electron chi connectivity index (χ1n) is 5.84. The zero-order valence-electron chi connectivity index (χ0n) is 10.8. The lowest BCUT2D eigenvalue weighted by Gasteiger charge is -2.23. The predicted octanol–water partition coefficient (Wildman–Crippen LogP) is 2.69. The highest BCUT2D eigenvalue weighted by Gasteiger charge is 2.20. The molecule has 0 aromatic heterocycles. The van der Waals surface area contributed by atoms with Crippen LogP contribution in [-0.4, -0.2) is 29.8 Å². The highest BCUT2D eigenvalue weighted by atomic mass is 79.9. The van der Waals surface area contributed by atoms with Crippen molar-refractivity contribution < 1.29 is 9.59 Å². The van der Waals surface area contributed by atoms with Crippen molar-refractivity contribution in [3.05, 3.63) is 33.3 Å². The number of amides is 2. The van der Waals surface area contributed by atoms with Crippen molar-refractivity contribution >= 4 is 39.3 Å². The number of rotatable bonds is 5. The summed E-state index contributed by atoms with van der Waals surface area (Å²) in [6, 6.07) is 4.91. The van der Waals surface area contributed by atoms with Gasteiger partial charge in [-0.25, -0.2) is 0 Å². The molecule has 2 amide bonds. The third-order valence-corrected chi connectivity index (χ3v) is 3.27. The van der Waals surface area contributed by atoms with Crippen molar-refractivity contribution in [1.29, 1.82) is 0 Å². The highest BCUT2D eigenvalue weighted by Crippen LogP contribution is 2.23. The fourth-order valence-electron chi connectivity index (χ4n) is 1.68. The molecule has 1 rings (SSSR count). The molecule has 0 spiro atoms. The molecule has 0 bridgehead atoms. The van der Waals surface area contributed by atoms with Crippen LogP contribution in [0.4, 0.5) is 0 Å². The SMILES string of the molecule is CC(C)CN(CC(N)=O)C(=O)c1ccc(Cl)cc1Br. The van der Waals surface area contributed by atoms with Gasteiger partial charge in [0.05, 0.1) is 12.1 Å². The molecule has 2 N–H and O–H groups in total. The van der Waals surface area contributed by atoms with Crippen molar-refractivity contribution in [2.45, 2.75) is 13.8 Å². The Hall–Kier alpha value is -1.07. The minimum atomic E-state index is -0.529. The Labute approximate surface area is 126 Å². The Morgan fingerprint density at radius 3 is 2.53 bits per heavy atom. The number of hydrogen-bond acceptors (Lipinski definition) is 2. The molecule has 0 aliphatic heterocycles. The lowest BCUT2D eigenvalue weighted by atomic mass is 10.1. The summed E-state index contributed by atoms with van der Waals surface area (Å²) in [6.07, 6.45) is 0. The largest absolute Gasteiger partial charge is 0.368 e. The van der Waals surface area contributed by atoms with Gasteiger partial charge in [0.2, 0.25) is 5.91 Å². The Balaban J connectivity index is 3.00. The van der Waals surface area contributed by atoms with Crippen LogP contribution >= 0.6 is 27.5 Å². The van der Waals surface area contributed by atoms with Gasteiger partial charge in [0.25, 0.3) is 5.91 Å². The molecular formula is C13H16BrClN2O2. The molecule has 104 valence electrons. The molecule has 0 aliphatic rings. The smallest absolute Gasteiger partial charge is 0.255 e. The number of halogens is 2. The monoisotopic (exact) mass is 346 g/mol. The summed E-state index contributed by atoms with van der Waals surface area (Å²) in [5.41, 5.74) is 5.65.